The van der Waals surface area contributed by atoms with Crippen LogP contribution in [0.25, 0.3) is 10.9 Å². The van der Waals surface area contributed by atoms with Crippen molar-refractivity contribution in [2.75, 3.05) is 0 Å². The van der Waals surface area contributed by atoms with Crippen LogP contribution in [0.1, 0.15) is 11.1 Å². The van der Waals surface area contributed by atoms with Gasteiger partial charge < -0.3 is 4.98 Å². The second kappa shape index (κ2) is 3.41. The Kier molecular flexibility index (Phi) is 2.37. The van der Waals surface area contributed by atoms with E-state index in [0.717, 1.165) is 6.07 Å². The Bertz CT molecular complexity index is 548. The largest absolute Gasteiger partial charge is 0.418 e. The zero-order chi connectivity index (χ0) is 12.8. The highest BCUT2D eigenvalue weighted by Gasteiger charge is 2.35. The first-order valence-electron chi connectivity index (χ1n) is 4.45. The Hall–Kier alpha value is -1.66. The van der Waals surface area contributed by atoms with Gasteiger partial charge >= 0.3 is 12.4 Å². The predicted octanol–water partition coefficient (Wildman–Crippen LogP) is 4.21. The molecule has 92 valence electrons. The van der Waals surface area contributed by atoms with Crippen molar-refractivity contribution in [1.29, 1.82) is 0 Å². The topological polar surface area (TPSA) is 15.8 Å². The van der Waals surface area contributed by atoms with E-state index in [2.05, 4.69) is 4.98 Å². The number of H-pyrrole nitrogens is 1. The molecule has 1 aromatic heterocycles. The molecule has 1 aromatic carbocycles. The number of benzene rings is 1. The molecule has 0 amide bonds. The molecular formula is C10H5F6N. The summed E-state index contributed by atoms with van der Waals surface area (Å²) >= 11 is 0. The van der Waals surface area contributed by atoms with Gasteiger partial charge in [0, 0.05) is 17.1 Å². The van der Waals surface area contributed by atoms with Crippen LogP contribution >= 0.6 is 0 Å². The predicted molar refractivity (Wildman–Crippen MR) is 48.3 cm³/mol. The van der Waals surface area contributed by atoms with Crippen LogP contribution in [0.2, 0.25) is 0 Å². The third kappa shape index (κ3) is 2.09. The van der Waals surface area contributed by atoms with E-state index in [9.17, 15) is 26.3 Å². The minimum Gasteiger partial charge on any atom is -0.361 e. The maximum Gasteiger partial charge on any atom is 0.418 e. The van der Waals surface area contributed by atoms with E-state index in [0.29, 0.717) is 18.3 Å². The van der Waals surface area contributed by atoms with Crippen molar-refractivity contribution in [3.8, 4) is 0 Å². The Labute approximate surface area is 91.0 Å². The van der Waals surface area contributed by atoms with Crippen LogP contribution in [0.3, 0.4) is 0 Å². The monoisotopic (exact) mass is 253 g/mol. The molecule has 0 saturated carbocycles. The first-order chi connectivity index (χ1) is 7.69. The van der Waals surface area contributed by atoms with E-state index < -0.39 is 23.5 Å². The molecule has 0 aliphatic carbocycles. The highest BCUT2D eigenvalue weighted by molar-refractivity contribution is 5.84. The van der Waals surface area contributed by atoms with Gasteiger partial charge in [-0.25, -0.2) is 0 Å². The number of aromatic nitrogens is 1. The van der Waals surface area contributed by atoms with E-state index in [-0.39, 0.29) is 10.9 Å². The van der Waals surface area contributed by atoms with Crippen molar-refractivity contribution in [3.05, 3.63) is 35.5 Å². The van der Waals surface area contributed by atoms with Gasteiger partial charge in [-0.3, -0.25) is 0 Å². The smallest absolute Gasteiger partial charge is 0.361 e. The molecule has 0 spiro atoms. The molecule has 0 radical (unpaired) electrons. The van der Waals surface area contributed by atoms with Gasteiger partial charge in [-0.1, -0.05) is 6.07 Å². The molecule has 0 fully saturated rings. The average molecular weight is 253 g/mol. The third-order valence-electron chi connectivity index (χ3n) is 2.31. The van der Waals surface area contributed by atoms with Crippen LogP contribution in [-0.2, 0) is 12.4 Å². The van der Waals surface area contributed by atoms with Crippen molar-refractivity contribution in [2.45, 2.75) is 12.4 Å². The minimum atomic E-state index is -4.59. The Balaban J connectivity index is 2.61. The van der Waals surface area contributed by atoms with Crippen molar-refractivity contribution >= 4 is 10.9 Å². The molecule has 1 N–H and O–H groups in total. The highest BCUT2D eigenvalue weighted by Crippen LogP contribution is 2.37. The second-order valence-electron chi connectivity index (χ2n) is 3.46. The summed E-state index contributed by atoms with van der Waals surface area (Å²) in [6.45, 7) is 0. The number of hydrogen-bond donors (Lipinski definition) is 1. The number of aromatic amines is 1. The fraction of sp³-hybridized carbons (Fsp3) is 0.200. The van der Waals surface area contributed by atoms with Gasteiger partial charge in [0.1, 0.15) is 0 Å². The van der Waals surface area contributed by atoms with E-state index in [1.165, 1.54) is 0 Å². The number of fused-ring (bicyclic) bond motifs is 1. The Morgan fingerprint density at radius 3 is 2.06 bits per heavy atom. The van der Waals surface area contributed by atoms with E-state index in [1.54, 1.807) is 0 Å². The van der Waals surface area contributed by atoms with Crippen LogP contribution in [0, 0.1) is 0 Å². The molecule has 7 heteroatoms. The quantitative estimate of drug-likeness (QED) is 0.677. The van der Waals surface area contributed by atoms with Gasteiger partial charge in [-0.05, 0) is 12.1 Å². The second-order valence-corrected chi connectivity index (χ2v) is 3.46. The van der Waals surface area contributed by atoms with E-state index in [1.807, 2.05) is 0 Å². The molecule has 1 heterocycles. The maximum atomic E-state index is 12.4. The van der Waals surface area contributed by atoms with Gasteiger partial charge in [0.05, 0.1) is 11.1 Å². The van der Waals surface area contributed by atoms with Gasteiger partial charge in [-0.15, -0.1) is 0 Å². The SMILES string of the molecule is FC(F)(F)c1ccc2c(C(F)(F)F)c[nH]c2c1. The molecule has 0 atom stereocenters. The molecule has 0 saturated heterocycles. The summed E-state index contributed by atoms with van der Waals surface area (Å²) in [6, 6.07) is 2.10. The lowest BCUT2D eigenvalue weighted by Crippen LogP contribution is -2.05. The minimum absolute atomic E-state index is 0.188. The molecule has 0 bridgehead atoms. The summed E-state index contributed by atoms with van der Waals surface area (Å²) in [7, 11) is 0. The zero-order valence-corrected chi connectivity index (χ0v) is 8.08. The summed E-state index contributed by atoms with van der Waals surface area (Å²) < 4.78 is 74.3. The van der Waals surface area contributed by atoms with Gasteiger partial charge in [0.2, 0.25) is 0 Å². The lowest BCUT2D eigenvalue weighted by Gasteiger charge is -2.07. The molecule has 2 rings (SSSR count). The Morgan fingerprint density at radius 2 is 1.53 bits per heavy atom. The van der Waals surface area contributed by atoms with E-state index in [4.69, 9.17) is 0 Å². The number of rotatable bonds is 0. The fourth-order valence-corrected chi connectivity index (χ4v) is 1.54. The number of halogens is 6. The number of nitrogens with one attached hydrogen (secondary N) is 1. The van der Waals surface area contributed by atoms with E-state index >= 15 is 0 Å². The average Bonchev–Trinajstić information content (AvgIpc) is 2.57. The molecule has 0 aliphatic rings. The van der Waals surface area contributed by atoms with Crippen LogP contribution in [0.4, 0.5) is 26.3 Å². The molecule has 0 unspecified atom stereocenters. The molecular weight excluding hydrogens is 248 g/mol. The standard InChI is InChI=1S/C10H5F6N/c11-9(12,13)5-1-2-6-7(10(14,15)16)4-17-8(6)3-5/h1-4,17H. The zero-order valence-electron chi connectivity index (χ0n) is 8.08. The fourth-order valence-electron chi connectivity index (χ4n) is 1.54. The van der Waals surface area contributed by atoms with Gasteiger partial charge in [-0.2, -0.15) is 26.3 Å². The maximum absolute atomic E-state index is 12.4. The van der Waals surface area contributed by atoms with Gasteiger partial charge in [0.15, 0.2) is 0 Å². The lowest BCUT2D eigenvalue weighted by molar-refractivity contribution is -0.137. The normalized spacial score (nSPS) is 13.3. The highest BCUT2D eigenvalue weighted by atomic mass is 19.4. The molecule has 1 nitrogen and oxygen atoms in total. The van der Waals surface area contributed by atoms with Crippen molar-refractivity contribution < 1.29 is 26.3 Å². The van der Waals surface area contributed by atoms with Crippen LogP contribution in [0.5, 0.6) is 0 Å². The number of hydrogen-bond acceptors (Lipinski definition) is 0. The van der Waals surface area contributed by atoms with Crippen molar-refractivity contribution in [3.63, 3.8) is 0 Å². The lowest BCUT2D eigenvalue weighted by atomic mass is 10.1. The van der Waals surface area contributed by atoms with Crippen molar-refractivity contribution in [1.82, 2.24) is 4.98 Å². The first-order valence-corrected chi connectivity index (χ1v) is 4.45. The Morgan fingerprint density at radius 1 is 0.882 bits per heavy atom. The summed E-state index contributed by atoms with van der Waals surface area (Å²) in [4.78, 5) is 2.19. The molecule has 0 aliphatic heterocycles. The number of alkyl halides is 6. The van der Waals surface area contributed by atoms with Gasteiger partial charge in [0.25, 0.3) is 0 Å². The molecule has 17 heavy (non-hydrogen) atoms. The van der Waals surface area contributed by atoms with Crippen LogP contribution < -0.4 is 0 Å². The summed E-state index contributed by atoms with van der Waals surface area (Å²) in [5.41, 5.74) is -2.14. The van der Waals surface area contributed by atoms with Crippen molar-refractivity contribution in [2.24, 2.45) is 0 Å². The summed E-state index contributed by atoms with van der Waals surface area (Å²) in [5.74, 6) is 0. The summed E-state index contributed by atoms with van der Waals surface area (Å²) in [5, 5.41) is -0.273. The molecule has 2 aromatic rings. The van der Waals surface area contributed by atoms with Crippen LogP contribution in [0.15, 0.2) is 24.4 Å². The van der Waals surface area contributed by atoms with Crippen LogP contribution in [-0.4, -0.2) is 4.98 Å². The summed E-state index contributed by atoms with van der Waals surface area (Å²) in [6.07, 6.45) is -8.50. The first kappa shape index (κ1) is 11.8. The third-order valence-corrected chi connectivity index (χ3v) is 2.31.